The van der Waals surface area contributed by atoms with Gasteiger partial charge in [0.2, 0.25) is 20.0 Å². The average Bonchev–Trinajstić information content (AvgIpc) is 3.28. The van der Waals surface area contributed by atoms with Crippen LogP contribution >= 0.6 is 0 Å². The van der Waals surface area contributed by atoms with E-state index in [9.17, 15) is 21.6 Å². The molecule has 2 N–H and O–H groups in total. The molecule has 2 saturated carbocycles. The van der Waals surface area contributed by atoms with Gasteiger partial charge in [-0.2, -0.15) is 0 Å². The van der Waals surface area contributed by atoms with Crippen LogP contribution in [0.5, 0.6) is 0 Å². The fourth-order valence-electron chi connectivity index (χ4n) is 5.15. The molecule has 0 atom stereocenters. The second kappa shape index (κ2) is 12.0. The van der Waals surface area contributed by atoms with Crippen molar-refractivity contribution in [3.05, 3.63) is 59.7 Å². The van der Waals surface area contributed by atoms with Crippen molar-refractivity contribution < 1.29 is 21.6 Å². The third-order valence-corrected chi connectivity index (χ3v) is 10.2. The molecule has 4 rings (SSSR count). The van der Waals surface area contributed by atoms with Crippen LogP contribution in [0.2, 0.25) is 0 Å². The molecular formula is C27H36N2O5S2. The summed E-state index contributed by atoms with van der Waals surface area (Å²) in [6.45, 7) is 0. The number of hydrogen-bond donors (Lipinski definition) is 2. The Hall–Kier alpha value is -2.07. The summed E-state index contributed by atoms with van der Waals surface area (Å²) < 4.78 is 57.7. The van der Waals surface area contributed by atoms with Gasteiger partial charge in [0.1, 0.15) is 0 Å². The average molecular weight is 533 g/mol. The minimum Gasteiger partial charge on any atom is -0.289 e. The lowest BCUT2D eigenvalue weighted by Gasteiger charge is -2.17. The zero-order valence-corrected chi connectivity index (χ0v) is 22.2. The molecule has 2 aliphatic carbocycles. The topological polar surface area (TPSA) is 109 Å². The van der Waals surface area contributed by atoms with E-state index < -0.39 is 25.8 Å². The number of carbonyl (C=O) groups excluding carboxylic acids is 1. The summed E-state index contributed by atoms with van der Waals surface area (Å²) in [5, 5.41) is 0. The number of carbonyl (C=O) groups is 1. The predicted molar refractivity (Wildman–Crippen MR) is 140 cm³/mol. The van der Waals surface area contributed by atoms with E-state index in [2.05, 4.69) is 9.44 Å². The molecule has 7 nitrogen and oxygen atoms in total. The van der Waals surface area contributed by atoms with E-state index in [1.54, 1.807) is 24.3 Å². The lowest BCUT2D eigenvalue weighted by Crippen LogP contribution is -2.34. The molecule has 36 heavy (non-hydrogen) atoms. The highest BCUT2D eigenvalue weighted by atomic mass is 32.2. The maximum Gasteiger partial charge on any atom is 0.240 e. The molecule has 0 aliphatic heterocycles. The molecule has 0 aromatic heterocycles. The molecule has 196 valence electrons. The van der Waals surface area contributed by atoms with Crippen LogP contribution in [0.25, 0.3) is 0 Å². The summed E-state index contributed by atoms with van der Waals surface area (Å²) in [6, 6.07) is 11.7. The predicted octanol–water partition coefficient (Wildman–Crippen LogP) is 4.92. The van der Waals surface area contributed by atoms with Crippen molar-refractivity contribution in [1.29, 1.82) is 0 Å². The van der Waals surface area contributed by atoms with Gasteiger partial charge in [0.15, 0.2) is 5.78 Å². The van der Waals surface area contributed by atoms with E-state index in [1.807, 2.05) is 0 Å². The summed E-state index contributed by atoms with van der Waals surface area (Å²) in [5.41, 5.74) is 0.398. The first-order valence-corrected chi connectivity index (χ1v) is 16.0. The molecule has 0 amide bonds. The zero-order chi connectivity index (χ0) is 25.6. The SMILES string of the molecule is O=C(c1cccc(S(=O)(=O)NC2CCCCCC2)c1)c1cccc(S(=O)(=O)NC2CCCCCC2)c1. The Kier molecular flexibility index (Phi) is 8.98. The van der Waals surface area contributed by atoms with Gasteiger partial charge >= 0.3 is 0 Å². The van der Waals surface area contributed by atoms with Gasteiger partial charge in [-0.15, -0.1) is 0 Å². The van der Waals surface area contributed by atoms with Crippen molar-refractivity contribution in [3.63, 3.8) is 0 Å². The van der Waals surface area contributed by atoms with E-state index in [0.29, 0.717) is 0 Å². The highest BCUT2D eigenvalue weighted by Crippen LogP contribution is 2.23. The Bertz CT molecular complexity index is 1160. The largest absolute Gasteiger partial charge is 0.289 e. The fraction of sp³-hybridized carbons (Fsp3) is 0.519. The second-order valence-electron chi connectivity index (χ2n) is 10.0. The van der Waals surface area contributed by atoms with Crippen molar-refractivity contribution in [1.82, 2.24) is 9.44 Å². The van der Waals surface area contributed by atoms with Gasteiger partial charge in [-0.3, -0.25) is 4.79 Å². The minimum atomic E-state index is -3.77. The van der Waals surface area contributed by atoms with Gasteiger partial charge in [0.25, 0.3) is 0 Å². The Balaban J connectivity index is 1.51. The standard InChI is InChI=1S/C27H36N2O5S2/c30-27(21-11-9-17-25(19-21)35(31,32)28-23-13-5-1-2-6-14-23)22-12-10-18-26(20-22)36(33,34)29-24-15-7-3-4-8-16-24/h9-12,17-20,23-24,28-29H,1-8,13-16H2. The first-order chi connectivity index (χ1) is 17.2. The molecule has 9 heteroatoms. The maximum absolute atomic E-state index is 13.2. The van der Waals surface area contributed by atoms with Crippen LogP contribution in [0.3, 0.4) is 0 Å². The molecule has 0 heterocycles. The van der Waals surface area contributed by atoms with E-state index in [-0.39, 0.29) is 33.0 Å². The Morgan fingerprint density at radius 3 is 1.31 bits per heavy atom. The Morgan fingerprint density at radius 1 is 0.583 bits per heavy atom. The van der Waals surface area contributed by atoms with Gasteiger partial charge in [0.05, 0.1) is 9.79 Å². The van der Waals surface area contributed by atoms with E-state index in [1.165, 1.54) is 24.3 Å². The second-order valence-corrected chi connectivity index (χ2v) is 13.4. The van der Waals surface area contributed by atoms with Crippen molar-refractivity contribution in [2.45, 2.75) is 98.9 Å². The third kappa shape index (κ3) is 7.03. The van der Waals surface area contributed by atoms with Crippen LogP contribution in [0, 0.1) is 0 Å². The van der Waals surface area contributed by atoms with Crippen LogP contribution < -0.4 is 9.44 Å². The van der Waals surface area contributed by atoms with Crippen molar-refractivity contribution >= 4 is 25.8 Å². The van der Waals surface area contributed by atoms with Crippen LogP contribution in [-0.4, -0.2) is 34.7 Å². The Labute approximate surface area is 215 Å². The molecule has 2 aliphatic rings. The molecule has 0 spiro atoms. The summed E-state index contributed by atoms with van der Waals surface area (Å²) in [7, 11) is -7.55. The summed E-state index contributed by atoms with van der Waals surface area (Å²) in [6.07, 6.45) is 11.7. The Morgan fingerprint density at radius 2 is 0.944 bits per heavy atom. The smallest absolute Gasteiger partial charge is 0.240 e. The van der Waals surface area contributed by atoms with Gasteiger partial charge in [-0.05, 0) is 49.9 Å². The highest BCUT2D eigenvalue weighted by Gasteiger charge is 2.24. The van der Waals surface area contributed by atoms with E-state index >= 15 is 0 Å². The van der Waals surface area contributed by atoms with Crippen LogP contribution in [0.4, 0.5) is 0 Å². The van der Waals surface area contributed by atoms with Crippen molar-refractivity contribution in [2.24, 2.45) is 0 Å². The normalized spacial score (nSPS) is 18.9. The quantitative estimate of drug-likeness (QED) is 0.370. The summed E-state index contributed by atoms with van der Waals surface area (Å²) in [5.74, 6) is -0.423. The van der Waals surface area contributed by atoms with Crippen LogP contribution in [-0.2, 0) is 20.0 Å². The van der Waals surface area contributed by atoms with Gasteiger partial charge in [-0.1, -0.05) is 75.6 Å². The molecule has 2 fully saturated rings. The molecule has 0 radical (unpaired) electrons. The highest BCUT2D eigenvalue weighted by molar-refractivity contribution is 7.89. The number of ketones is 1. The van der Waals surface area contributed by atoms with Gasteiger partial charge < -0.3 is 0 Å². The molecule has 2 aromatic rings. The molecule has 2 aromatic carbocycles. The van der Waals surface area contributed by atoms with Crippen LogP contribution in [0.1, 0.15) is 93.0 Å². The summed E-state index contributed by atoms with van der Waals surface area (Å²) in [4.78, 5) is 13.3. The van der Waals surface area contributed by atoms with E-state index in [0.717, 1.165) is 77.0 Å². The third-order valence-electron chi connectivity index (χ3n) is 7.17. The summed E-state index contributed by atoms with van der Waals surface area (Å²) >= 11 is 0. The van der Waals surface area contributed by atoms with E-state index in [4.69, 9.17) is 0 Å². The number of rotatable bonds is 8. The number of hydrogen-bond acceptors (Lipinski definition) is 5. The maximum atomic E-state index is 13.2. The molecule has 0 bridgehead atoms. The number of nitrogens with one attached hydrogen (secondary N) is 2. The monoisotopic (exact) mass is 532 g/mol. The fourth-order valence-corrected chi connectivity index (χ4v) is 7.85. The van der Waals surface area contributed by atoms with Gasteiger partial charge in [-0.25, -0.2) is 26.3 Å². The molecule has 0 unspecified atom stereocenters. The number of sulfonamides is 2. The lowest BCUT2D eigenvalue weighted by atomic mass is 10.0. The molecular weight excluding hydrogens is 496 g/mol. The van der Waals surface area contributed by atoms with Crippen molar-refractivity contribution in [3.8, 4) is 0 Å². The number of benzene rings is 2. The lowest BCUT2D eigenvalue weighted by molar-refractivity contribution is 0.103. The first-order valence-electron chi connectivity index (χ1n) is 13.0. The van der Waals surface area contributed by atoms with Crippen molar-refractivity contribution in [2.75, 3.05) is 0 Å². The van der Waals surface area contributed by atoms with Gasteiger partial charge in [0, 0.05) is 23.2 Å². The minimum absolute atomic E-state index is 0.0383. The zero-order valence-electron chi connectivity index (χ0n) is 20.6. The van der Waals surface area contributed by atoms with Crippen LogP contribution in [0.15, 0.2) is 58.3 Å². The first kappa shape index (κ1) is 27.0. The molecule has 0 saturated heterocycles.